The quantitative estimate of drug-likeness (QED) is 0.645. The average molecular weight is 309 g/mol. The van der Waals surface area contributed by atoms with E-state index in [0.717, 1.165) is 0 Å². The Morgan fingerprint density at radius 2 is 2.24 bits per heavy atom. The third-order valence-electron chi connectivity index (χ3n) is 2.23. The normalized spacial score (nSPS) is 10.9. The average Bonchev–Trinajstić information content (AvgIpc) is 2.78. The lowest BCUT2D eigenvalue weighted by atomic mass is 10.4. The lowest BCUT2D eigenvalue weighted by Gasteiger charge is -2.03. The van der Waals surface area contributed by atoms with E-state index in [2.05, 4.69) is 31.0 Å². The summed E-state index contributed by atoms with van der Waals surface area (Å²) < 4.78 is 2.61. The third-order valence-corrected chi connectivity index (χ3v) is 3.50. The van der Waals surface area contributed by atoms with Crippen LogP contribution >= 0.6 is 27.3 Å². The van der Waals surface area contributed by atoms with Gasteiger partial charge in [0.25, 0.3) is 5.56 Å². The molecule has 0 aliphatic carbocycles. The molecule has 0 amide bonds. The van der Waals surface area contributed by atoms with Gasteiger partial charge in [-0.2, -0.15) is 9.78 Å². The molecule has 7 heteroatoms. The first-order chi connectivity index (χ1) is 8.25. The van der Waals surface area contributed by atoms with Crippen LogP contribution in [-0.4, -0.2) is 19.7 Å². The number of rotatable bonds is 1. The maximum absolute atomic E-state index is 12.1. The standard InChI is InChI=1S/C10H5BrN4OS/c11-8-3-6(1-2-12-8)15-10(16)9-7(4-14-15)13-5-17-9/h1-5H. The molecule has 0 atom stereocenters. The number of aromatic nitrogens is 4. The number of halogens is 1. The molecular weight excluding hydrogens is 304 g/mol. The first-order valence-corrected chi connectivity index (χ1v) is 6.36. The maximum Gasteiger partial charge on any atom is 0.291 e. The van der Waals surface area contributed by atoms with Crippen molar-refractivity contribution in [3.8, 4) is 5.69 Å². The minimum Gasteiger partial charge on any atom is -0.266 e. The van der Waals surface area contributed by atoms with E-state index in [1.807, 2.05) is 0 Å². The summed E-state index contributed by atoms with van der Waals surface area (Å²) in [7, 11) is 0. The molecule has 0 saturated carbocycles. The Balaban J connectivity index is 2.31. The Kier molecular flexibility index (Phi) is 2.49. The van der Waals surface area contributed by atoms with Gasteiger partial charge in [-0.3, -0.25) is 4.79 Å². The number of thiazole rings is 1. The monoisotopic (exact) mass is 308 g/mol. The Morgan fingerprint density at radius 1 is 1.35 bits per heavy atom. The zero-order valence-corrected chi connectivity index (χ0v) is 10.8. The van der Waals surface area contributed by atoms with E-state index in [-0.39, 0.29) is 5.56 Å². The predicted molar refractivity (Wildman–Crippen MR) is 68.5 cm³/mol. The van der Waals surface area contributed by atoms with Crippen molar-refractivity contribution >= 4 is 37.5 Å². The summed E-state index contributed by atoms with van der Waals surface area (Å²) in [4.78, 5) is 20.2. The molecule has 0 aliphatic rings. The number of nitrogens with zero attached hydrogens (tertiary/aromatic N) is 4. The number of fused-ring (bicyclic) bond motifs is 1. The van der Waals surface area contributed by atoms with Crippen molar-refractivity contribution in [3.63, 3.8) is 0 Å². The zero-order valence-electron chi connectivity index (χ0n) is 8.37. The molecule has 0 aromatic carbocycles. The summed E-state index contributed by atoms with van der Waals surface area (Å²) in [6.45, 7) is 0. The highest BCUT2D eigenvalue weighted by Crippen LogP contribution is 2.14. The molecule has 3 aromatic rings. The predicted octanol–water partition coefficient (Wildman–Crippen LogP) is 2.00. The molecule has 0 spiro atoms. The number of pyridine rings is 1. The summed E-state index contributed by atoms with van der Waals surface area (Å²) in [5.41, 5.74) is 2.78. The maximum atomic E-state index is 12.1. The molecular formula is C10H5BrN4OS. The second-order valence-electron chi connectivity index (χ2n) is 3.27. The molecule has 84 valence electrons. The molecule has 0 unspecified atom stereocenters. The van der Waals surface area contributed by atoms with Crippen LogP contribution < -0.4 is 5.56 Å². The van der Waals surface area contributed by atoms with Crippen molar-refractivity contribution in [1.29, 1.82) is 0 Å². The van der Waals surface area contributed by atoms with Crippen LogP contribution in [0.5, 0.6) is 0 Å². The van der Waals surface area contributed by atoms with Crippen LogP contribution in [0.15, 0.2) is 39.4 Å². The van der Waals surface area contributed by atoms with E-state index in [0.29, 0.717) is 20.5 Å². The Bertz CT molecular complexity index is 751. The molecule has 3 aromatic heterocycles. The number of hydrogen-bond acceptors (Lipinski definition) is 5. The SMILES string of the molecule is O=c1c2scnc2cnn1-c1ccnc(Br)c1. The van der Waals surface area contributed by atoms with E-state index < -0.39 is 0 Å². The van der Waals surface area contributed by atoms with E-state index >= 15 is 0 Å². The van der Waals surface area contributed by atoms with E-state index in [1.54, 1.807) is 30.0 Å². The molecule has 0 bridgehead atoms. The topological polar surface area (TPSA) is 60.7 Å². The van der Waals surface area contributed by atoms with Crippen LogP contribution in [0.1, 0.15) is 0 Å². The van der Waals surface area contributed by atoms with Crippen LogP contribution in [0.3, 0.4) is 0 Å². The molecule has 0 fully saturated rings. The van der Waals surface area contributed by atoms with E-state index in [9.17, 15) is 4.79 Å². The summed E-state index contributed by atoms with van der Waals surface area (Å²) >= 11 is 4.58. The van der Waals surface area contributed by atoms with E-state index in [4.69, 9.17) is 0 Å². The van der Waals surface area contributed by atoms with Crippen molar-refractivity contribution < 1.29 is 0 Å². The third kappa shape index (κ3) is 1.77. The van der Waals surface area contributed by atoms with Gasteiger partial charge >= 0.3 is 0 Å². The van der Waals surface area contributed by atoms with Crippen LogP contribution in [0, 0.1) is 0 Å². The summed E-state index contributed by atoms with van der Waals surface area (Å²) in [6, 6.07) is 3.47. The largest absolute Gasteiger partial charge is 0.291 e. The number of hydrogen-bond donors (Lipinski definition) is 0. The van der Waals surface area contributed by atoms with Gasteiger partial charge in [0.15, 0.2) is 0 Å². The van der Waals surface area contributed by atoms with Crippen LogP contribution in [0.2, 0.25) is 0 Å². The highest BCUT2D eigenvalue weighted by Gasteiger charge is 2.08. The van der Waals surface area contributed by atoms with Crippen molar-refractivity contribution in [2.75, 3.05) is 0 Å². The minimum absolute atomic E-state index is 0.164. The van der Waals surface area contributed by atoms with Crippen molar-refractivity contribution in [2.24, 2.45) is 0 Å². The Labute approximate surface area is 108 Å². The van der Waals surface area contributed by atoms with Crippen molar-refractivity contribution in [2.45, 2.75) is 0 Å². The van der Waals surface area contributed by atoms with E-state index in [1.165, 1.54) is 16.0 Å². The minimum atomic E-state index is -0.164. The Morgan fingerprint density at radius 3 is 3.06 bits per heavy atom. The van der Waals surface area contributed by atoms with Gasteiger partial charge in [-0.1, -0.05) is 0 Å². The Hall–Kier alpha value is -1.60. The van der Waals surface area contributed by atoms with Gasteiger partial charge in [0.05, 0.1) is 17.4 Å². The lowest BCUT2D eigenvalue weighted by molar-refractivity contribution is 0.818. The van der Waals surface area contributed by atoms with Gasteiger partial charge in [0, 0.05) is 6.20 Å². The fourth-order valence-corrected chi connectivity index (χ4v) is 2.51. The molecule has 0 N–H and O–H groups in total. The van der Waals surface area contributed by atoms with Crippen LogP contribution in [-0.2, 0) is 0 Å². The van der Waals surface area contributed by atoms with Gasteiger partial charge in [-0.25, -0.2) is 9.97 Å². The summed E-state index contributed by atoms with van der Waals surface area (Å²) in [5, 5.41) is 4.09. The highest BCUT2D eigenvalue weighted by atomic mass is 79.9. The smallest absolute Gasteiger partial charge is 0.266 e. The molecule has 0 saturated heterocycles. The van der Waals surface area contributed by atoms with Gasteiger partial charge in [-0.15, -0.1) is 11.3 Å². The lowest BCUT2D eigenvalue weighted by Crippen LogP contribution is -2.20. The second kappa shape index (κ2) is 4.01. The zero-order chi connectivity index (χ0) is 11.8. The molecule has 3 heterocycles. The van der Waals surface area contributed by atoms with Gasteiger partial charge in [0.1, 0.15) is 14.8 Å². The van der Waals surface area contributed by atoms with Gasteiger partial charge in [-0.05, 0) is 28.1 Å². The first kappa shape index (κ1) is 10.5. The summed E-state index contributed by atoms with van der Waals surface area (Å²) in [6.07, 6.45) is 3.20. The van der Waals surface area contributed by atoms with Crippen molar-refractivity contribution in [1.82, 2.24) is 19.7 Å². The molecule has 3 rings (SSSR count). The van der Waals surface area contributed by atoms with Crippen molar-refractivity contribution in [3.05, 3.63) is 45.0 Å². The highest BCUT2D eigenvalue weighted by molar-refractivity contribution is 9.10. The van der Waals surface area contributed by atoms with Gasteiger partial charge < -0.3 is 0 Å². The fourth-order valence-electron chi connectivity index (χ4n) is 1.48. The van der Waals surface area contributed by atoms with Gasteiger partial charge in [0.2, 0.25) is 0 Å². The molecule has 0 aliphatic heterocycles. The summed E-state index contributed by atoms with van der Waals surface area (Å²) in [5.74, 6) is 0. The first-order valence-electron chi connectivity index (χ1n) is 4.69. The fraction of sp³-hybridized carbons (Fsp3) is 0. The molecule has 5 nitrogen and oxygen atoms in total. The van der Waals surface area contributed by atoms with Crippen LogP contribution in [0.25, 0.3) is 15.9 Å². The molecule has 17 heavy (non-hydrogen) atoms. The second-order valence-corrected chi connectivity index (χ2v) is 4.93. The van der Waals surface area contributed by atoms with Crippen LogP contribution in [0.4, 0.5) is 0 Å². The molecule has 0 radical (unpaired) electrons.